The largest absolute Gasteiger partial charge is 0.432 e. The summed E-state index contributed by atoms with van der Waals surface area (Å²) in [6, 6.07) is 2.29. The van der Waals surface area contributed by atoms with E-state index < -0.39 is 28.2 Å². The molecule has 0 radical (unpaired) electrons. The fourth-order valence-electron chi connectivity index (χ4n) is 2.08. The number of alkyl halides is 2. The first kappa shape index (κ1) is 19.0. The van der Waals surface area contributed by atoms with Crippen molar-refractivity contribution in [3.63, 3.8) is 0 Å². The second kappa shape index (κ2) is 8.00. The summed E-state index contributed by atoms with van der Waals surface area (Å²) in [6.45, 7) is -1.85. The van der Waals surface area contributed by atoms with Crippen LogP contribution < -0.4 is 14.8 Å². The SMILES string of the molecule is Cl.O=S(=O)(N[C@@H]1CCCNC1)c1ccc(OC(F)F)c(F)c1. The van der Waals surface area contributed by atoms with E-state index in [-0.39, 0.29) is 23.3 Å². The summed E-state index contributed by atoms with van der Waals surface area (Å²) < 4.78 is 68.2. The van der Waals surface area contributed by atoms with E-state index in [4.69, 9.17) is 0 Å². The van der Waals surface area contributed by atoms with Gasteiger partial charge in [-0.05, 0) is 37.6 Å². The number of halogens is 4. The minimum Gasteiger partial charge on any atom is -0.432 e. The number of ether oxygens (including phenoxy) is 1. The standard InChI is InChI=1S/C12H15F3N2O3S.ClH/c13-10-6-9(3-4-11(10)20-12(14)15)21(18,19)17-8-2-1-5-16-7-8;/h3-4,6,8,12,16-17H,1-2,5,7H2;1H/t8-;/m1./s1. The molecule has 126 valence electrons. The molecule has 0 spiro atoms. The summed E-state index contributed by atoms with van der Waals surface area (Å²) in [6.07, 6.45) is 1.52. The highest BCUT2D eigenvalue weighted by atomic mass is 35.5. The predicted octanol–water partition coefficient (Wildman–Crippen LogP) is 1.88. The van der Waals surface area contributed by atoms with Crippen molar-refractivity contribution >= 4 is 22.4 Å². The molecule has 0 bridgehead atoms. The Labute approximate surface area is 132 Å². The summed E-state index contributed by atoms with van der Waals surface area (Å²) in [4.78, 5) is -0.327. The summed E-state index contributed by atoms with van der Waals surface area (Å²) in [5.74, 6) is -1.84. The fourth-order valence-corrected chi connectivity index (χ4v) is 3.36. The second-order valence-corrected chi connectivity index (χ2v) is 6.35. The van der Waals surface area contributed by atoms with Crippen LogP contribution in [0.3, 0.4) is 0 Å². The Kier molecular flexibility index (Phi) is 6.92. The van der Waals surface area contributed by atoms with Crippen molar-refractivity contribution in [2.24, 2.45) is 0 Å². The third-order valence-electron chi connectivity index (χ3n) is 3.05. The van der Waals surface area contributed by atoms with Crippen molar-refractivity contribution in [2.45, 2.75) is 30.4 Å². The van der Waals surface area contributed by atoms with Crippen LogP contribution in [-0.4, -0.2) is 34.2 Å². The Balaban J connectivity index is 0.00000242. The number of rotatable bonds is 5. The Hall–Kier alpha value is -1.03. The maximum absolute atomic E-state index is 13.6. The van der Waals surface area contributed by atoms with Crippen LogP contribution in [0.4, 0.5) is 13.2 Å². The van der Waals surface area contributed by atoms with Gasteiger partial charge in [-0.25, -0.2) is 17.5 Å². The lowest BCUT2D eigenvalue weighted by molar-refractivity contribution is -0.0522. The van der Waals surface area contributed by atoms with Gasteiger partial charge in [0.15, 0.2) is 11.6 Å². The van der Waals surface area contributed by atoms with Gasteiger partial charge >= 0.3 is 6.61 Å². The molecule has 1 heterocycles. The number of hydrogen-bond donors (Lipinski definition) is 2. The molecule has 1 aromatic rings. The van der Waals surface area contributed by atoms with Crippen molar-refractivity contribution in [3.8, 4) is 5.75 Å². The summed E-state index contributed by atoms with van der Waals surface area (Å²) >= 11 is 0. The normalized spacial score (nSPS) is 18.8. The van der Waals surface area contributed by atoms with Gasteiger partial charge in [-0.3, -0.25) is 0 Å². The number of sulfonamides is 1. The van der Waals surface area contributed by atoms with Crippen molar-refractivity contribution in [2.75, 3.05) is 13.1 Å². The maximum Gasteiger partial charge on any atom is 0.387 e. The van der Waals surface area contributed by atoms with Gasteiger partial charge in [0.05, 0.1) is 4.90 Å². The van der Waals surface area contributed by atoms with E-state index in [1.807, 2.05) is 0 Å². The molecular weight excluding hydrogens is 345 g/mol. The molecule has 5 nitrogen and oxygen atoms in total. The molecule has 0 aromatic heterocycles. The zero-order chi connectivity index (χ0) is 15.5. The molecule has 0 aliphatic carbocycles. The van der Waals surface area contributed by atoms with Crippen LogP contribution in [0.25, 0.3) is 0 Å². The molecule has 0 amide bonds. The average molecular weight is 361 g/mol. The molecule has 0 unspecified atom stereocenters. The summed E-state index contributed by atoms with van der Waals surface area (Å²) in [7, 11) is -3.90. The molecule has 1 atom stereocenters. The molecule has 2 N–H and O–H groups in total. The molecule has 2 rings (SSSR count). The lowest BCUT2D eigenvalue weighted by atomic mass is 10.1. The third kappa shape index (κ3) is 5.01. The smallest absolute Gasteiger partial charge is 0.387 e. The van der Waals surface area contributed by atoms with Gasteiger partial charge in [0.1, 0.15) is 0 Å². The Morgan fingerprint density at radius 1 is 1.36 bits per heavy atom. The number of nitrogens with one attached hydrogen (secondary N) is 2. The first-order valence-corrected chi connectivity index (χ1v) is 7.84. The average Bonchev–Trinajstić information content (AvgIpc) is 2.41. The van der Waals surface area contributed by atoms with Gasteiger partial charge < -0.3 is 10.1 Å². The van der Waals surface area contributed by atoms with Crippen molar-refractivity contribution in [3.05, 3.63) is 24.0 Å². The number of benzene rings is 1. The molecule has 0 saturated carbocycles. The van der Waals surface area contributed by atoms with Crippen LogP contribution in [0.15, 0.2) is 23.1 Å². The van der Waals surface area contributed by atoms with Crippen LogP contribution in [0.1, 0.15) is 12.8 Å². The van der Waals surface area contributed by atoms with Gasteiger partial charge in [0.25, 0.3) is 0 Å². The van der Waals surface area contributed by atoms with E-state index in [0.717, 1.165) is 25.1 Å². The molecule has 1 aromatic carbocycles. The highest BCUT2D eigenvalue weighted by Gasteiger charge is 2.23. The minimum atomic E-state index is -3.90. The lowest BCUT2D eigenvalue weighted by Gasteiger charge is -2.23. The fraction of sp³-hybridized carbons (Fsp3) is 0.500. The van der Waals surface area contributed by atoms with E-state index >= 15 is 0 Å². The van der Waals surface area contributed by atoms with Crippen molar-refractivity contribution < 1.29 is 26.3 Å². The van der Waals surface area contributed by atoms with Crippen LogP contribution >= 0.6 is 12.4 Å². The first-order chi connectivity index (χ1) is 9.88. The molecule has 1 aliphatic heterocycles. The van der Waals surface area contributed by atoms with E-state index in [0.29, 0.717) is 19.0 Å². The Morgan fingerprint density at radius 2 is 2.09 bits per heavy atom. The van der Waals surface area contributed by atoms with Gasteiger partial charge in [-0.2, -0.15) is 8.78 Å². The summed E-state index contributed by atoms with van der Waals surface area (Å²) in [5.41, 5.74) is 0. The third-order valence-corrected chi connectivity index (χ3v) is 4.57. The van der Waals surface area contributed by atoms with Gasteiger partial charge in [-0.15, -0.1) is 12.4 Å². The van der Waals surface area contributed by atoms with E-state index in [1.165, 1.54) is 0 Å². The van der Waals surface area contributed by atoms with Gasteiger partial charge in [-0.1, -0.05) is 0 Å². The first-order valence-electron chi connectivity index (χ1n) is 6.36. The zero-order valence-electron chi connectivity index (χ0n) is 11.4. The molecule has 1 aliphatic rings. The van der Waals surface area contributed by atoms with E-state index in [1.54, 1.807) is 0 Å². The van der Waals surface area contributed by atoms with Crippen molar-refractivity contribution in [1.82, 2.24) is 10.0 Å². The highest BCUT2D eigenvalue weighted by molar-refractivity contribution is 7.89. The maximum atomic E-state index is 13.6. The Bertz CT molecular complexity index is 595. The highest BCUT2D eigenvalue weighted by Crippen LogP contribution is 2.23. The second-order valence-electron chi connectivity index (χ2n) is 4.64. The number of piperidine rings is 1. The van der Waals surface area contributed by atoms with Gasteiger partial charge in [0, 0.05) is 12.6 Å². The van der Waals surface area contributed by atoms with E-state index in [2.05, 4.69) is 14.8 Å². The van der Waals surface area contributed by atoms with Crippen LogP contribution in [0, 0.1) is 5.82 Å². The minimum absolute atomic E-state index is 0. The topological polar surface area (TPSA) is 67.4 Å². The lowest BCUT2D eigenvalue weighted by Crippen LogP contribution is -2.45. The zero-order valence-corrected chi connectivity index (χ0v) is 13.0. The quantitative estimate of drug-likeness (QED) is 0.841. The van der Waals surface area contributed by atoms with Crippen molar-refractivity contribution in [1.29, 1.82) is 0 Å². The molecule has 22 heavy (non-hydrogen) atoms. The molecule has 10 heteroatoms. The van der Waals surface area contributed by atoms with E-state index in [9.17, 15) is 21.6 Å². The molecular formula is C12H16ClF3N2O3S. The molecule has 1 saturated heterocycles. The number of hydrogen-bond acceptors (Lipinski definition) is 4. The monoisotopic (exact) mass is 360 g/mol. The summed E-state index contributed by atoms with van der Waals surface area (Å²) in [5, 5.41) is 3.05. The molecule has 1 fully saturated rings. The van der Waals surface area contributed by atoms with Crippen LogP contribution in [-0.2, 0) is 10.0 Å². The van der Waals surface area contributed by atoms with Gasteiger partial charge in [0.2, 0.25) is 10.0 Å². The Morgan fingerprint density at radius 3 is 2.64 bits per heavy atom. The predicted molar refractivity (Wildman–Crippen MR) is 76.5 cm³/mol. The van der Waals surface area contributed by atoms with Crippen LogP contribution in [0.2, 0.25) is 0 Å². The van der Waals surface area contributed by atoms with Crippen LogP contribution in [0.5, 0.6) is 5.75 Å².